The molecule has 0 N–H and O–H groups in total. The molecule has 5 heteroatoms. The average molecular weight is 309 g/mol. The summed E-state index contributed by atoms with van der Waals surface area (Å²) in [7, 11) is 5.47. The molecular formula is C17H27NO4. The molecule has 5 nitrogen and oxygen atoms in total. The molecule has 0 aliphatic carbocycles. The molecule has 0 aromatic heterocycles. The summed E-state index contributed by atoms with van der Waals surface area (Å²) in [5.41, 5.74) is 1.25. The Morgan fingerprint density at radius 1 is 1.09 bits per heavy atom. The van der Waals surface area contributed by atoms with Crippen LogP contribution in [0.4, 0.5) is 0 Å². The number of ether oxygens (including phenoxy) is 4. The first-order chi connectivity index (χ1) is 10.7. The minimum atomic E-state index is 0.456. The first-order valence-electron chi connectivity index (χ1n) is 7.78. The van der Waals surface area contributed by atoms with Gasteiger partial charge in [0.2, 0.25) is 0 Å². The van der Waals surface area contributed by atoms with Gasteiger partial charge in [-0.15, -0.1) is 0 Å². The van der Waals surface area contributed by atoms with Crippen molar-refractivity contribution < 1.29 is 18.9 Å². The number of likely N-dealkylation sites (N-methyl/N-ethyl adjacent to an activating group) is 1. The lowest BCUT2D eigenvalue weighted by atomic mass is 10.1. The van der Waals surface area contributed by atoms with Gasteiger partial charge >= 0.3 is 0 Å². The topological polar surface area (TPSA) is 40.2 Å². The largest absolute Gasteiger partial charge is 0.493 e. The van der Waals surface area contributed by atoms with Gasteiger partial charge in [0.05, 0.1) is 40.6 Å². The van der Waals surface area contributed by atoms with E-state index >= 15 is 0 Å². The van der Waals surface area contributed by atoms with Crippen LogP contribution in [-0.2, 0) is 15.9 Å². The van der Waals surface area contributed by atoms with Crippen LogP contribution in [0.2, 0.25) is 0 Å². The minimum absolute atomic E-state index is 0.456. The van der Waals surface area contributed by atoms with Crippen molar-refractivity contribution in [2.24, 2.45) is 5.92 Å². The molecule has 1 aliphatic heterocycles. The maximum absolute atomic E-state index is 5.54. The maximum atomic E-state index is 5.54. The zero-order valence-electron chi connectivity index (χ0n) is 13.8. The van der Waals surface area contributed by atoms with Gasteiger partial charge in [-0.05, 0) is 31.2 Å². The number of hydrogen-bond donors (Lipinski definition) is 0. The molecule has 0 atom stereocenters. The molecule has 2 rings (SSSR count). The number of rotatable bonds is 7. The molecule has 0 bridgehead atoms. The molecule has 1 aliphatic rings. The first kappa shape index (κ1) is 17.1. The molecule has 0 unspecified atom stereocenters. The van der Waals surface area contributed by atoms with E-state index < -0.39 is 0 Å². The van der Waals surface area contributed by atoms with Gasteiger partial charge < -0.3 is 23.8 Å². The summed E-state index contributed by atoms with van der Waals surface area (Å²) in [6.07, 6.45) is 0.977. The molecule has 0 saturated carbocycles. The highest BCUT2D eigenvalue weighted by Gasteiger charge is 2.15. The van der Waals surface area contributed by atoms with Gasteiger partial charge in [-0.3, -0.25) is 0 Å². The number of hydrogen-bond acceptors (Lipinski definition) is 5. The van der Waals surface area contributed by atoms with Crippen LogP contribution in [-0.4, -0.2) is 65.7 Å². The van der Waals surface area contributed by atoms with Crippen LogP contribution in [0, 0.1) is 5.92 Å². The summed E-state index contributed by atoms with van der Waals surface area (Å²) in [4.78, 5) is 2.33. The van der Waals surface area contributed by atoms with Gasteiger partial charge in [0.25, 0.3) is 0 Å². The molecule has 1 heterocycles. The van der Waals surface area contributed by atoms with Crippen LogP contribution < -0.4 is 9.47 Å². The standard InChI is InChI=1S/C17H27NO4/c1-18(11-15-12-21-8-9-22-13-15)7-6-14-4-5-16(19-2)17(10-14)20-3/h4-5,10,15H,6-9,11-13H2,1-3H3. The minimum Gasteiger partial charge on any atom is -0.493 e. The van der Waals surface area contributed by atoms with E-state index in [1.54, 1.807) is 14.2 Å². The van der Waals surface area contributed by atoms with Crippen LogP contribution >= 0.6 is 0 Å². The third-order valence-electron chi connectivity index (χ3n) is 3.88. The van der Waals surface area contributed by atoms with E-state index in [9.17, 15) is 0 Å². The normalized spacial score (nSPS) is 16.5. The fourth-order valence-corrected chi connectivity index (χ4v) is 2.66. The Morgan fingerprint density at radius 3 is 2.41 bits per heavy atom. The molecule has 22 heavy (non-hydrogen) atoms. The predicted octanol–water partition coefficient (Wildman–Crippen LogP) is 1.84. The molecule has 1 saturated heterocycles. The molecule has 1 aromatic rings. The number of benzene rings is 1. The quantitative estimate of drug-likeness (QED) is 0.768. The third kappa shape index (κ3) is 5.16. The Kier molecular flexibility index (Phi) is 6.96. The van der Waals surface area contributed by atoms with E-state index in [-0.39, 0.29) is 0 Å². The smallest absolute Gasteiger partial charge is 0.160 e. The van der Waals surface area contributed by atoms with E-state index in [0.717, 1.165) is 44.2 Å². The van der Waals surface area contributed by atoms with Crippen LogP contribution in [0.1, 0.15) is 5.56 Å². The Morgan fingerprint density at radius 2 is 1.77 bits per heavy atom. The lowest BCUT2D eigenvalue weighted by molar-refractivity contribution is 0.103. The van der Waals surface area contributed by atoms with Gasteiger partial charge in [0.15, 0.2) is 11.5 Å². The van der Waals surface area contributed by atoms with Gasteiger partial charge in [-0.2, -0.15) is 0 Å². The molecule has 0 spiro atoms. The van der Waals surface area contributed by atoms with E-state index in [4.69, 9.17) is 18.9 Å². The Hall–Kier alpha value is -1.30. The summed E-state index contributed by atoms with van der Waals surface area (Å²) < 4.78 is 21.7. The second-order valence-electron chi connectivity index (χ2n) is 5.72. The second kappa shape index (κ2) is 8.98. The first-order valence-corrected chi connectivity index (χ1v) is 7.78. The Bertz CT molecular complexity index is 444. The van der Waals surface area contributed by atoms with Gasteiger partial charge in [0.1, 0.15) is 0 Å². The Balaban J connectivity index is 1.81. The van der Waals surface area contributed by atoms with Crippen molar-refractivity contribution >= 4 is 0 Å². The molecule has 0 radical (unpaired) electrons. The molecule has 1 fully saturated rings. The van der Waals surface area contributed by atoms with Crippen LogP contribution in [0.5, 0.6) is 11.5 Å². The van der Waals surface area contributed by atoms with Crippen molar-refractivity contribution in [3.63, 3.8) is 0 Å². The van der Waals surface area contributed by atoms with E-state index in [2.05, 4.69) is 18.0 Å². The van der Waals surface area contributed by atoms with Crippen molar-refractivity contribution in [1.29, 1.82) is 0 Å². The molecule has 124 valence electrons. The van der Waals surface area contributed by atoms with E-state index in [0.29, 0.717) is 19.1 Å². The summed E-state index contributed by atoms with van der Waals surface area (Å²) in [6, 6.07) is 6.10. The van der Waals surface area contributed by atoms with E-state index in [1.165, 1.54) is 5.56 Å². The van der Waals surface area contributed by atoms with E-state index in [1.807, 2.05) is 12.1 Å². The summed E-state index contributed by atoms with van der Waals surface area (Å²) >= 11 is 0. The van der Waals surface area contributed by atoms with Crippen molar-refractivity contribution in [1.82, 2.24) is 4.90 Å². The molecule has 1 aromatic carbocycles. The van der Waals surface area contributed by atoms with Gasteiger partial charge in [-0.1, -0.05) is 6.07 Å². The SMILES string of the molecule is COc1ccc(CCN(C)CC2COCCOC2)cc1OC. The van der Waals surface area contributed by atoms with Gasteiger partial charge in [0, 0.05) is 19.0 Å². The van der Waals surface area contributed by atoms with Crippen molar-refractivity contribution in [3.8, 4) is 11.5 Å². The highest BCUT2D eigenvalue weighted by atomic mass is 16.5. The maximum Gasteiger partial charge on any atom is 0.160 e. The molecule has 0 amide bonds. The highest BCUT2D eigenvalue weighted by molar-refractivity contribution is 5.42. The molecular weight excluding hydrogens is 282 g/mol. The monoisotopic (exact) mass is 309 g/mol. The van der Waals surface area contributed by atoms with Crippen LogP contribution in [0.3, 0.4) is 0 Å². The van der Waals surface area contributed by atoms with Crippen LogP contribution in [0.25, 0.3) is 0 Å². The fraction of sp³-hybridized carbons (Fsp3) is 0.647. The van der Waals surface area contributed by atoms with Gasteiger partial charge in [-0.25, -0.2) is 0 Å². The lowest BCUT2D eigenvalue weighted by Crippen LogP contribution is -2.31. The summed E-state index contributed by atoms with van der Waals surface area (Å²) in [6.45, 7) is 5.00. The third-order valence-corrected chi connectivity index (χ3v) is 3.88. The fourth-order valence-electron chi connectivity index (χ4n) is 2.66. The van der Waals surface area contributed by atoms with Crippen molar-refractivity contribution in [2.75, 3.05) is 60.8 Å². The second-order valence-corrected chi connectivity index (χ2v) is 5.72. The predicted molar refractivity (Wildman–Crippen MR) is 85.9 cm³/mol. The Labute approximate surface area is 133 Å². The number of nitrogens with zero attached hydrogens (tertiary/aromatic N) is 1. The number of methoxy groups -OCH3 is 2. The average Bonchev–Trinajstić information content (AvgIpc) is 2.81. The highest BCUT2D eigenvalue weighted by Crippen LogP contribution is 2.27. The zero-order chi connectivity index (χ0) is 15.8. The van der Waals surface area contributed by atoms with Crippen molar-refractivity contribution in [2.45, 2.75) is 6.42 Å². The van der Waals surface area contributed by atoms with Crippen molar-refractivity contribution in [3.05, 3.63) is 23.8 Å². The van der Waals surface area contributed by atoms with Crippen LogP contribution in [0.15, 0.2) is 18.2 Å². The zero-order valence-corrected chi connectivity index (χ0v) is 13.8. The summed E-state index contributed by atoms with van der Waals surface area (Å²) in [5, 5.41) is 0. The lowest BCUT2D eigenvalue weighted by Gasteiger charge is -2.22. The summed E-state index contributed by atoms with van der Waals surface area (Å²) in [5.74, 6) is 2.01.